The third-order valence-corrected chi connectivity index (χ3v) is 6.54. The van der Waals surface area contributed by atoms with Crippen LogP contribution >= 0.6 is 22.9 Å². The molecule has 1 N–H and O–H groups in total. The number of rotatable bonds is 5. The van der Waals surface area contributed by atoms with Gasteiger partial charge in [-0.15, -0.1) is 11.3 Å². The van der Waals surface area contributed by atoms with Crippen molar-refractivity contribution in [1.29, 1.82) is 0 Å². The first-order valence-corrected chi connectivity index (χ1v) is 11.3. The molecule has 0 atom stereocenters. The number of thiophene rings is 1. The summed E-state index contributed by atoms with van der Waals surface area (Å²) in [5, 5.41) is 4.22. The average molecular weight is 483 g/mol. The molecule has 0 saturated carbocycles. The van der Waals surface area contributed by atoms with E-state index in [1.165, 1.54) is 12.1 Å². The maximum atomic E-state index is 13.2. The van der Waals surface area contributed by atoms with Gasteiger partial charge in [-0.25, -0.2) is 14.4 Å². The molecule has 4 rings (SSSR count). The molecule has 0 fully saturated rings. The Morgan fingerprint density at radius 2 is 1.88 bits per heavy atom. The summed E-state index contributed by atoms with van der Waals surface area (Å²) in [6.45, 7) is 3.96. The fourth-order valence-corrected chi connectivity index (χ4v) is 4.75. The van der Waals surface area contributed by atoms with Gasteiger partial charge < -0.3 is 10.2 Å². The monoisotopic (exact) mass is 482 g/mol. The number of amides is 2. The minimum Gasteiger partial charge on any atom is -0.333 e. The lowest BCUT2D eigenvalue weighted by Gasteiger charge is -2.16. The van der Waals surface area contributed by atoms with Crippen molar-refractivity contribution in [2.45, 2.75) is 20.4 Å². The molecule has 0 aliphatic rings. The lowest BCUT2D eigenvalue weighted by atomic mass is 10.2. The van der Waals surface area contributed by atoms with E-state index < -0.39 is 11.7 Å². The highest BCUT2D eigenvalue weighted by Crippen LogP contribution is 2.29. The Labute approximate surface area is 199 Å². The molecule has 0 unspecified atom stereocenters. The second kappa shape index (κ2) is 9.25. The lowest BCUT2D eigenvalue weighted by molar-refractivity contribution is 0.0785. The highest BCUT2D eigenvalue weighted by Gasteiger charge is 2.21. The van der Waals surface area contributed by atoms with Crippen LogP contribution in [0.15, 0.2) is 48.5 Å². The number of hydrogen-bond acceptors (Lipinski definition) is 5. The van der Waals surface area contributed by atoms with Gasteiger partial charge in [0.25, 0.3) is 11.8 Å². The van der Waals surface area contributed by atoms with Crippen LogP contribution in [0.3, 0.4) is 0 Å². The second-order valence-electron chi connectivity index (χ2n) is 7.60. The largest absolute Gasteiger partial charge is 0.333 e. The van der Waals surface area contributed by atoms with E-state index in [4.69, 9.17) is 11.6 Å². The van der Waals surface area contributed by atoms with Gasteiger partial charge >= 0.3 is 0 Å². The number of fused-ring (bicyclic) bond motifs is 1. The Morgan fingerprint density at radius 1 is 1.12 bits per heavy atom. The number of aryl methyl sites for hydroxylation is 2. The number of benzene rings is 2. The second-order valence-corrected chi connectivity index (χ2v) is 9.06. The SMILES string of the molecule is Cc1cc(NC(=O)c2ccc(F)cc2Cl)sc1C(=O)N(C)Cc1nc(C)c2ccccc2n1. The van der Waals surface area contributed by atoms with Gasteiger partial charge in [-0.1, -0.05) is 29.8 Å². The van der Waals surface area contributed by atoms with Gasteiger partial charge in [-0.2, -0.15) is 0 Å². The van der Waals surface area contributed by atoms with Gasteiger partial charge in [-0.3, -0.25) is 9.59 Å². The van der Waals surface area contributed by atoms with Gasteiger partial charge in [0.1, 0.15) is 11.6 Å². The Balaban J connectivity index is 1.50. The van der Waals surface area contributed by atoms with Gasteiger partial charge in [0, 0.05) is 18.1 Å². The zero-order chi connectivity index (χ0) is 23.7. The van der Waals surface area contributed by atoms with Gasteiger partial charge in [0.2, 0.25) is 0 Å². The van der Waals surface area contributed by atoms with Crippen LogP contribution in [0.2, 0.25) is 5.02 Å². The molecular weight excluding hydrogens is 463 g/mol. The quantitative estimate of drug-likeness (QED) is 0.400. The summed E-state index contributed by atoms with van der Waals surface area (Å²) >= 11 is 7.14. The molecule has 0 aliphatic carbocycles. The van der Waals surface area contributed by atoms with Crippen molar-refractivity contribution in [3.63, 3.8) is 0 Å². The van der Waals surface area contributed by atoms with Crippen molar-refractivity contribution < 1.29 is 14.0 Å². The van der Waals surface area contributed by atoms with Crippen LogP contribution in [0.1, 0.15) is 37.1 Å². The summed E-state index contributed by atoms with van der Waals surface area (Å²) in [5.41, 5.74) is 2.57. The first kappa shape index (κ1) is 22.8. The van der Waals surface area contributed by atoms with E-state index in [9.17, 15) is 14.0 Å². The smallest absolute Gasteiger partial charge is 0.264 e. The normalized spacial score (nSPS) is 10.9. The Bertz CT molecular complexity index is 1390. The summed E-state index contributed by atoms with van der Waals surface area (Å²) < 4.78 is 13.2. The predicted octanol–water partition coefficient (Wildman–Crippen LogP) is 5.63. The summed E-state index contributed by atoms with van der Waals surface area (Å²) in [7, 11) is 1.69. The zero-order valence-corrected chi connectivity index (χ0v) is 19.7. The number of nitrogens with one attached hydrogen (secondary N) is 1. The first-order valence-electron chi connectivity index (χ1n) is 10.1. The number of aromatic nitrogens is 2. The maximum absolute atomic E-state index is 13.2. The lowest BCUT2D eigenvalue weighted by Crippen LogP contribution is -2.27. The van der Waals surface area contributed by atoms with Crippen LogP contribution in [-0.4, -0.2) is 33.7 Å². The van der Waals surface area contributed by atoms with E-state index in [0.29, 0.717) is 15.7 Å². The molecule has 2 amide bonds. The molecule has 0 bridgehead atoms. The fraction of sp³-hybridized carbons (Fsp3) is 0.167. The standard InChI is InChI=1S/C24H20ClFN4O2S/c1-13-10-21(29-23(31)17-9-8-15(26)11-18(17)25)33-22(13)24(32)30(3)12-20-27-14(2)16-6-4-5-7-19(16)28-20/h4-11H,12H2,1-3H3,(H,29,31). The Kier molecular flexibility index (Phi) is 6.40. The van der Waals surface area contributed by atoms with E-state index in [2.05, 4.69) is 15.3 Å². The van der Waals surface area contributed by atoms with E-state index >= 15 is 0 Å². The van der Waals surface area contributed by atoms with Crippen molar-refractivity contribution in [3.8, 4) is 0 Å². The molecule has 0 spiro atoms. The molecule has 2 heterocycles. The number of carbonyl (C=O) groups is 2. The topological polar surface area (TPSA) is 75.2 Å². The molecule has 9 heteroatoms. The van der Waals surface area contributed by atoms with Crippen LogP contribution in [0.5, 0.6) is 0 Å². The van der Waals surface area contributed by atoms with Gasteiger partial charge in [0.05, 0.1) is 32.5 Å². The fourth-order valence-electron chi connectivity index (χ4n) is 3.43. The van der Waals surface area contributed by atoms with Crippen molar-refractivity contribution in [2.24, 2.45) is 0 Å². The van der Waals surface area contributed by atoms with Crippen LogP contribution in [0.4, 0.5) is 9.39 Å². The number of para-hydroxylation sites is 1. The Hall–Kier alpha value is -3.36. The molecular formula is C24H20ClFN4O2S. The van der Waals surface area contributed by atoms with Crippen molar-refractivity contribution in [1.82, 2.24) is 14.9 Å². The summed E-state index contributed by atoms with van der Waals surface area (Å²) in [4.78, 5) is 36.8. The van der Waals surface area contributed by atoms with E-state index in [-0.39, 0.29) is 23.0 Å². The third kappa shape index (κ3) is 4.86. The zero-order valence-electron chi connectivity index (χ0n) is 18.1. The molecule has 2 aromatic carbocycles. The van der Waals surface area contributed by atoms with Crippen LogP contribution in [0.25, 0.3) is 10.9 Å². The maximum Gasteiger partial charge on any atom is 0.264 e. The minimum atomic E-state index is -0.523. The average Bonchev–Trinajstić information content (AvgIpc) is 3.12. The molecule has 33 heavy (non-hydrogen) atoms. The highest BCUT2D eigenvalue weighted by molar-refractivity contribution is 7.18. The van der Waals surface area contributed by atoms with Crippen LogP contribution in [0, 0.1) is 19.7 Å². The number of nitrogens with zero attached hydrogens (tertiary/aromatic N) is 3. The number of anilines is 1. The first-order chi connectivity index (χ1) is 15.7. The van der Waals surface area contributed by atoms with E-state index in [0.717, 1.165) is 39.6 Å². The van der Waals surface area contributed by atoms with Crippen LogP contribution < -0.4 is 5.32 Å². The minimum absolute atomic E-state index is 0.0162. The third-order valence-electron chi connectivity index (χ3n) is 5.09. The summed E-state index contributed by atoms with van der Waals surface area (Å²) in [5.74, 6) is -0.651. The van der Waals surface area contributed by atoms with Crippen molar-refractivity contribution >= 4 is 50.7 Å². The molecule has 0 aliphatic heterocycles. The highest BCUT2D eigenvalue weighted by atomic mass is 35.5. The van der Waals surface area contributed by atoms with Crippen molar-refractivity contribution in [3.05, 3.63) is 86.9 Å². The molecule has 6 nitrogen and oxygen atoms in total. The Morgan fingerprint density at radius 3 is 2.64 bits per heavy atom. The molecule has 2 aromatic heterocycles. The predicted molar refractivity (Wildman–Crippen MR) is 128 cm³/mol. The van der Waals surface area contributed by atoms with Crippen LogP contribution in [-0.2, 0) is 6.54 Å². The number of hydrogen-bond donors (Lipinski definition) is 1. The number of carbonyl (C=O) groups excluding carboxylic acids is 2. The van der Waals surface area contributed by atoms with Gasteiger partial charge in [-0.05, 0) is 49.7 Å². The van der Waals surface area contributed by atoms with E-state index in [1.54, 1.807) is 24.9 Å². The summed E-state index contributed by atoms with van der Waals surface area (Å²) in [6.07, 6.45) is 0. The molecule has 168 valence electrons. The van der Waals surface area contributed by atoms with Crippen molar-refractivity contribution in [2.75, 3.05) is 12.4 Å². The molecule has 4 aromatic rings. The van der Waals surface area contributed by atoms with Gasteiger partial charge in [0.15, 0.2) is 0 Å². The number of halogens is 2. The summed E-state index contributed by atoms with van der Waals surface area (Å²) in [6, 6.07) is 13.0. The van der Waals surface area contributed by atoms with E-state index in [1.807, 2.05) is 31.2 Å². The molecule has 0 saturated heterocycles. The molecule has 0 radical (unpaired) electrons.